The van der Waals surface area contributed by atoms with Gasteiger partial charge in [-0.2, -0.15) is 4.57 Å². The van der Waals surface area contributed by atoms with Gasteiger partial charge in [-0.1, -0.05) is 48.1 Å². The first-order valence-electron chi connectivity index (χ1n) is 8.51. The lowest BCUT2D eigenvalue weighted by molar-refractivity contribution is -0.575. The molecule has 0 saturated heterocycles. The largest absolute Gasteiger partial charge is 0.502 e. The third-order valence-corrected chi connectivity index (χ3v) is 4.80. The van der Waals surface area contributed by atoms with E-state index in [4.69, 9.17) is 23.8 Å². The van der Waals surface area contributed by atoms with Crippen LogP contribution in [0.25, 0.3) is 11.5 Å². The van der Waals surface area contributed by atoms with E-state index in [9.17, 15) is 5.11 Å². The zero-order chi connectivity index (χ0) is 19.4. The van der Waals surface area contributed by atoms with Gasteiger partial charge in [-0.25, -0.2) is 0 Å². The van der Waals surface area contributed by atoms with Crippen molar-refractivity contribution < 1.29 is 9.67 Å². The van der Waals surface area contributed by atoms with Gasteiger partial charge in [0.2, 0.25) is 0 Å². The highest BCUT2D eigenvalue weighted by Gasteiger charge is 2.24. The Morgan fingerprint density at radius 3 is 2.11 bits per heavy atom. The van der Waals surface area contributed by atoms with E-state index in [2.05, 4.69) is 5.32 Å². The summed E-state index contributed by atoms with van der Waals surface area (Å²) in [5.74, 6) is 0.0756. The average molecular weight is 396 g/mol. The predicted octanol–water partition coefficient (Wildman–Crippen LogP) is 5.57. The zero-order valence-corrected chi connectivity index (χ0v) is 16.7. The number of rotatable bonds is 4. The van der Waals surface area contributed by atoms with Crippen molar-refractivity contribution in [2.75, 3.05) is 5.32 Å². The predicted molar refractivity (Wildman–Crippen MR) is 116 cm³/mol. The number of aromatic nitrogens is 1. The van der Waals surface area contributed by atoms with Crippen molar-refractivity contribution in [2.24, 2.45) is 0 Å². The van der Waals surface area contributed by atoms with Gasteiger partial charge in [0, 0.05) is 28.4 Å². The molecule has 0 radical (unpaired) electrons. The van der Waals surface area contributed by atoms with E-state index in [0.29, 0.717) is 21.3 Å². The molecular formula is C22H20ClN2OS+. The number of nitrogens with one attached hydrogen (secondary N) is 1. The van der Waals surface area contributed by atoms with Crippen molar-refractivity contribution in [1.29, 1.82) is 0 Å². The van der Waals surface area contributed by atoms with E-state index in [1.54, 1.807) is 28.8 Å². The summed E-state index contributed by atoms with van der Waals surface area (Å²) in [6, 6.07) is 18.7. The second-order valence-corrected chi connectivity index (χ2v) is 7.05. The number of aryl methyl sites for hydroxylation is 2. The molecule has 0 spiro atoms. The van der Waals surface area contributed by atoms with Crippen LogP contribution in [0.1, 0.15) is 16.7 Å². The van der Waals surface area contributed by atoms with Crippen LogP contribution in [-0.2, 0) is 0 Å². The normalized spacial score (nSPS) is 11.7. The van der Waals surface area contributed by atoms with Crippen LogP contribution in [0.3, 0.4) is 0 Å². The van der Waals surface area contributed by atoms with Crippen LogP contribution in [0.15, 0.2) is 73.1 Å². The molecule has 3 aromatic rings. The highest BCUT2D eigenvalue weighted by atomic mass is 35.5. The third kappa shape index (κ3) is 4.35. The van der Waals surface area contributed by atoms with Crippen LogP contribution in [0.5, 0.6) is 0 Å². The molecule has 2 aromatic carbocycles. The van der Waals surface area contributed by atoms with Gasteiger partial charge >= 0.3 is 0 Å². The lowest BCUT2D eigenvalue weighted by Crippen LogP contribution is -2.38. The van der Waals surface area contributed by atoms with E-state index in [0.717, 1.165) is 16.8 Å². The number of hydrogen-bond donors (Lipinski definition) is 2. The van der Waals surface area contributed by atoms with Gasteiger partial charge in [0.05, 0.1) is 0 Å². The number of benzene rings is 2. The van der Waals surface area contributed by atoms with E-state index >= 15 is 0 Å². The monoisotopic (exact) mass is 395 g/mol. The SMILES string of the molecule is Cc1cccc(C)c1NC(=S)C(=C(O)c1ccc(Cl)cc1)[n+]1ccccc1. The second kappa shape index (κ2) is 8.33. The van der Waals surface area contributed by atoms with Crippen LogP contribution in [-0.4, -0.2) is 10.1 Å². The van der Waals surface area contributed by atoms with Crippen molar-refractivity contribution in [3.05, 3.63) is 94.8 Å². The fourth-order valence-corrected chi connectivity index (χ4v) is 3.25. The minimum atomic E-state index is 0.0756. The van der Waals surface area contributed by atoms with Gasteiger partial charge in [0.1, 0.15) is 0 Å². The summed E-state index contributed by atoms with van der Waals surface area (Å²) in [7, 11) is 0. The summed E-state index contributed by atoms with van der Waals surface area (Å²) < 4.78 is 1.80. The summed E-state index contributed by atoms with van der Waals surface area (Å²) in [5.41, 5.74) is 4.24. The molecule has 1 aromatic heterocycles. The molecule has 0 bridgehead atoms. The summed E-state index contributed by atoms with van der Waals surface area (Å²) in [6.45, 7) is 4.05. The van der Waals surface area contributed by atoms with Crippen molar-refractivity contribution in [2.45, 2.75) is 13.8 Å². The molecule has 0 amide bonds. The van der Waals surface area contributed by atoms with Crippen LogP contribution in [0.2, 0.25) is 5.02 Å². The summed E-state index contributed by atoms with van der Waals surface area (Å²) in [6.07, 6.45) is 3.69. The lowest BCUT2D eigenvalue weighted by Gasteiger charge is -2.14. The molecule has 3 rings (SSSR count). The first-order chi connectivity index (χ1) is 13.0. The molecule has 136 valence electrons. The summed E-state index contributed by atoms with van der Waals surface area (Å²) in [4.78, 5) is 0.427. The van der Waals surface area contributed by atoms with Gasteiger partial charge in [-0.3, -0.25) is 0 Å². The Bertz CT molecular complexity index is 978. The molecule has 0 fully saturated rings. The minimum absolute atomic E-state index is 0.0756. The smallest absolute Gasteiger partial charge is 0.288 e. The van der Waals surface area contributed by atoms with Gasteiger partial charge in [0.15, 0.2) is 23.1 Å². The number of nitrogens with zero attached hydrogens (tertiary/aromatic N) is 1. The molecule has 0 aliphatic rings. The number of para-hydroxylation sites is 1. The number of aliphatic hydroxyl groups excluding tert-OH is 1. The van der Waals surface area contributed by atoms with Crippen molar-refractivity contribution >= 4 is 46.0 Å². The molecule has 0 atom stereocenters. The van der Waals surface area contributed by atoms with E-state index < -0.39 is 0 Å². The zero-order valence-electron chi connectivity index (χ0n) is 15.1. The molecule has 0 saturated carbocycles. The number of anilines is 1. The number of thiocarbonyl (C=S) groups is 1. The van der Waals surface area contributed by atoms with Gasteiger partial charge in [-0.05, 0) is 49.2 Å². The number of hydrogen-bond acceptors (Lipinski definition) is 2. The highest BCUT2D eigenvalue weighted by molar-refractivity contribution is 7.81. The molecular weight excluding hydrogens is 376 g/mol. The molecule has 0 unspecified atom stereocenters. The molecule has 2 N–H and O–H groups in total. The Morgan fingerprint density at radius 2 is 1.52 bits per heavy atom. The Balaban J connectivity index is 2.09. The van der Waals surface area contributed by atoms with Crippen LogP contribution in [0.4, 0.5) is 5.69 Å². The van der Waals surface area contributed by atoms with Crippen molar-refractivity contribution in [1.82, 2.24) is 0 Å². The Hall–Kier alpha value is -2.69. The molecule has 1 heterocycles. The minimum Gasteiger partial charge on any atom is -0.502 e. The van der Waals surface area contributed by atoms with Gasteiger partial charge in [-0.15, -0.1) is 0 Å². The molecule has 5 heteroatoms. The summed E-state index contributed by atoms with van der Waals surface area (Å²) >= 11 is 11.7. The fourth-order valence-electron chi connectivity index (χ4n) is 2.82. The van der Waals surface area contributed by atoms with E-state index in [1.807, 2.05) is 62.6 Å². The number of halogens is 1. The van der Waals surface area contributed by atoms with Crippen molar-refractivity contribution in [3.8, 4) is 0 Å². The van der Waals surface area contributed by atoms with Crippen LogP contribution < -0.4 is 9.88 Å². The maximum atomic E-state index is 11.0. The molecule has 0 aliphatic carbocycles. The first kappa shape index (κ1) is 19.1. The van der Waals surface area contributed by atoms with Gasteiger partial charge < -0.3 is 10.4 Å². The molecule has 27 heavy (non-hydrogen) atoms. The van der Waals surface area contributed by atoms with Crippen LogP contribution >= 0.6 is 23.8 Å². The second-order valence-electron chi connectivity index (χ2n) is 6.21. The van der Waals surface area contributed by atoms with Gasteiger partial charge in [0.25, 0.3) is 5.70 Å². The lowest BCUT2D eigenvalue weighted by atomic mass is 10.1. The average Bonchev–Trinajstić information content (AvgIpc) is 2.66. The maximum absolute atomic E-state index is 11.0. The molecule has 0 aliphatic heterocycles. The molecule has 3 nitrogen and oxygen atoms in total. The van der Waals surface area contributed by atoms with E-state index in [-0.39, 0.29) is 5.76 Å². The van der Waals surface area contributed by atoms with Crippen molar-refractivity contribution in [3.63, 3.8) is 0 Å². The Kier molecular flexibility index (Phi) is 5.89. The third-order valence-electron chi connectivity index (χ3n) is 4.25. The topological polar surface area (TPSA) is 36.1 Å². The Morgan fingerprint density at radius 1 is 0.926 bits per heavy atom. The van der Waals surface area contributed by atoms with Crippen LogP contribution in [0, 0.1) is 13.8 Å². The standard InChI is InChI=1S/C22H19ClN2OS/c1-15-7-6-8-16(2)19(15)24-22(27)20(25-13-4-3-5-14-25)21(26)17-9-11-18(23)12-10-17/h3-14H,1-2H3,(H-,24,26,27)/p+1. The first-order valence-corrected chi connectivity index (χ1v) is 9.29. The number of pyridine rings is 1. The Labute approximate surface area is 169 Å². The summed E-state index contributed by atoms with van der Waals surface area (Å²) in [5, 5.41) is 14.9. The maximum Gasteiger partial charge on any atom is 0.288 e. The number of aliphatic hydroxyl groups is 1. The quantitative estimate of drug-likeness (QED) is 0.262. The van der Waals surface area contributed by atoms with E-state index in [1.165, 1.54) is 0 Å². The fraction of sp³-hybridized carbons (Fsp3) is 0.0909. The highest BCUT2D eigenvalue weighted by Crippen LogP contribution is 2.24.